The normalized spacial score (nSPS) is 20.7. The molecule has 2 rings (SSSR count). The van der Waals surface area contributed by atoms with Gasteiger partial charge in [-0.3, -0.25) is 9.80 Å². The standard InChI is InChI=1S/C15H28N4O/c1-12(2)16-9-13-8-14(20-17-13)10-19-7-6-18(5)15(3,4)11-19/h8,12,16H,6-7,9-11H2,1-5H3. The van der Waals surface area contributed by atoms with Crippen LogP contribution in [-0.2, 0) is 13.1 Å². The van der Waals surface area contributed by atoms with Gasteiger partial charge in [-0.05, 0) is 20.9 Å². The SMILES string of the molecule is CC(C)NCc1cc(CN2CCN(C)C(C)(C)C2)on1. The van der Waals surface area contributed by atoms with E-state index in [1.54, 1.807) is 0 Å². The average molecular weight is 280 g/mol. The van der Waals surface area contributed by atoms with E-state index in [9.17, 15) is 0 Å². The summed E-state index contributed by atoms with van der Waals surface area (Å²) in [5, 5.41) is 7.49. The lowest BCUT2D eigenvalue weighted by Gasteiger charge is -2.45. The summed E-state index contributed by atoms with van der Waals surface area (Å²) in [6.07, 6.45) is 0. The second kappa shape index (κ2) is 6.24. The third kappa shape index (κ3) is 4.04. The predicted molar refractivity (Wildman–Crippen MR) is 80.5 cm³/mol. The summed E-state index contributed by atoms with van der Waals surface area (Å²) in [5.74, 6) is 0.964. The smallest absolute Gasteiger partial charge is 0.151 e. The zero-order valence-electron chi connectivity index (χ0n) is 13.4. The Morgan fingerprint density at radius 3 is 2.80 bits per heavy atom. The molecule has 0 unspecified atom stereocenters. The minimum atomic E-state index is 0.223. The average Bonchev–Trinajstić information content (AvgIpc) is 2.79. The highest BCUT2D eigenvalue weighted by Gasteiger charge is 2.31. The maximum absolute atomic E-state index is 5.45. The number of nitrogens with one attached hydrogen (secondary N) is 1. The minimum absolute atomic E-state index is 0.223. The largest absolute Gasteiger partial charge is 0.360 e. The van der Waals surface area contributed by atoms with Gasteiger partial charge in [0.1, 0.15) is 0 Å². The summed E-state index contributed by atoms with van der Waals surface area (Å²) < 4.78 is 5.45. The van der Waals surface area contributed by atoms with Crippen molar-refractivity contribution in [3.63, 3.8) is 0 Å². The number of hydrogen-bond acceptors (Lipinski definition) is 5. The summed E-state index contributed by atoms with van der Waals surface area (Å²) in [6, 6.07) is 2.54. The molecule has 1 aliphatic heterocycles. The van der Waals surface area contributed by atoms with E-state index >= 15 is 0 Å². The Hall–Kier alpha value is -0.910. The molecule has 5 nitrogen and oxygen atoms in total. The van der Waals surface area contributed by atoms with Gasteiger partial charge >= 0.3 is 0 Å². The van der Waals surface area contributed by atoms with Crippen molar-refractivity contribution in [2.75, 3.05) is 26.7 Å². The number of rotatable bonds is 5. The maximum atomic E-state index is 5.45. The van der Waals surface area contributed by atoms with E-state index in [0.717, 1.165) is 44.2 Å². The Balaban J connectivity index is 1.87. The second-order valence-electron chi connectivity index (χ2n) is 6.76. The Morgan fingerprint density at radius 2 is 2.15 bits per heavy atom. The van der Waals surface area contributed by atoms with Crippen LogP contribution in [-0.4, -0.2) is 53.2 Å². The lowest BCUT2D eigenvalue weighted by Crippen LogP contribution is -2.57. The number of nitrogens with zero attached hydrogens (tertiary/aromatic N) is 3. The molecule has 20 heavy (non-hydrogen) atoms. The van der Waals surface area contributed by atoms with E-state index < -0.39 is 0 Å². The summed E-state index contributed by atoms with van der Waals surface area (Å²) in [4.78, 5) is 4.86. The third-order valence-electron chi connectivity index (χ3n) is 4.07. The number of likely N-dealkylation sites (N-methyl/N-ethyl adjacent to an activating group) is 1. The Bertz CT molecular complexity index is 427. The third-order valence-corrected chi connectivity index (χ3v) is 4.07. The number of aromatic nitrogens is 1. The molecule has 2 heterocycles. The first-order valence-electron chi connectivity index (χ1n) is 7.48. The molecule has 0 bridgehead atoms. The molecule has 0 aliphatic carbocycles. The summed E-state index contributed by atoms with van der Waals surface area (Å²) in [5.41, 5.74) is 1.21. The highest BCUT2D eigenvalue weighted by Crippen LogP contribution is 2.20. The molecule has 0 spiro atoms. The maximum Gasteiger partial charge on any atom is 0.151 e. The van der Waals surface area contributed by atoms with Gasteiger partial charge < -0.3 is 9.84 Å². The van der Waals surface area contributed by atoms with Crippen molar-refractivity contribution in [3.8, 4) is 0 Å². The lowest BCUT2D eigenvalue weighted by molar-refractivity contribution is 0.0319. The zero-order chi connectivity index (χ0) is 14.8. The van der Waals surface area contributed by atoms with Crippen molar-refractivity contribution in [2.24, 2.45) is 0 Å². The summed E-state index contributed by atoms with van der Waals surface area (Å²) >= 11 is 0. The molecule has 0 saturated carbocycles. The van der Waals surface area contributed by atoms with Crippen molar-refractivity contribution in [1.29, 1.82) is 0 Å². The molecule has 1 aromatic rings. The summed E-state index contributed by atoms with van der Waals surface area (Å²) in [7, 11) is 2.20. The molecule has 114 valence electrons. The van der Waals surface area contributed by atoms with E-state index in [4.69, 9.17) is 4.52 Å². The Morgan fingerprint density at radius 1 is 1.40 bits per heavy atom. The van der Waals surface area contributed by atoms with Gasteiger partial charge in [0.15, 0.2) is 5.76 Å². The van der Waals surface area contributed by atoms with Crippen LogP contribution >= 0.6 is 0 Å². The molecule has 0 aromatic carbocycles. The van der Waals surface area contributed by atoms with Crippen LogP contribution in [0.25, 0.3) is 0 Å². The topological polar surface area (TPSA) is 44.5 Å². The first kappa shape index (κ1) is 15.5. The van der Waals surface area contributed by atoms with Crippen LogP contribution in [0.1, 0.15) is 39.1 Å². The van der Waals surface area contributed by atoms with Crippen molar-refractivity contribution in [3.05, 3.63) is 17.5 Å². The molecule has 5 heteroatoms. The molecule has 1 fully saturated rings. The van der Waals surface area contributed by atoms with Gasteiger partial charge in [0.05, 0.1) is 12.2 Å². The van der Waals surface area contributed by atoms with Gasteiger partial charge in [0, 0.05) is 43.8 Å². The lowest BCUT2D eigenvalue weighted by atomic mass is 10.00. The molecule has 0 amide bonds. The van der Waals surface area contributed by atoms with Crippen LogP contribution in [0.5, 0.6) is 0 Å². The van der Waals surface area contributed by atoms with Crippen molar-refractivity contribution in [1.82, 2.24) is 20.3 Å². The van der Waals surface area contributed by atoms with Gasteiger partial charge in [-0.25, -0.2) is 0 Å². The first-order chi connectivity index (χ1) is 9.37. The van der Waals surface area contributed by atoms with Crippen molar-refractivity contribution >= 4 is 0 Å². The summed E-state index contributed by atoms with van der Waals surface area (Å²) in [6.45, 7) is 13.7. The number of hydrogen-bond donors (Lipinski definition) is 1. The van der Waals surface area contributed by atoms with Gasteiger partial charge in [0.2, 0.25) is 0 Å². The molecule has 0 atom stereocenters. The Labute approximate surface area is 122 Å². The van der Waals surface area contributed by atoms with E-state index in [1.807, 2.05) is 0 Å². The predicted octanol–water partition coefficient (Wildman–Crippen LogP) is 1.70. The van der Waals surface area contributed by atoms with Crippen LogP contribution in [0.15, 0.2) is 10.6 Å². The molecule has 0 radical (unpaired) electrons. The van der Waals surface area contributed by atoms with Crippen molar-refractivity contribution in [2.45, 2.75) is 52.4 Å². The van der Waals surface area contributed by atoms with Gasteiger partial charge in [0.25, 0.3) is 0 Å². The van der Waals surface area contributed by atoms with E-state index in [1.165, 1.54) is 0 Å². The van der Waals surface area contributed by atoms with Crippen LogP contribution < -0.4 is 5.32 Å². The Kier molecular flexibility index (Phi) is 4.83. The van der Waals surface area contributed by atoms with Crippen LogP contribution in [0.2, 0.25) is 0 Å². The van der Waals surface area contributed by atoms with Crippen molar-refractivity contribution < 1.29 is 4.52 Å². The van der Waals surface area contributed by atoms with E-state index in [2.05, 4.69) is 61.1 Å². The first-order valence-corrected chi connectivity index (χ1v) is 7.48. The fourth-order valence-corrected chi connectivity index (χ4v) is 2.52. The molecule has 1 N–H and O–H groups in total. The van der Waals surface area contributed by atoms with E-state index in [-0.39, 0.29) is 5.54 Å². The molecule has 1 aromatic heterocycles. The van der Waals surface area contributed by atoms with Crippen LogP contribution in [0.3, 0.4) is 0 Å². The van der Waals surface area contributed by atoms with Gasteiger partial charge in [-0.2, -0.15) is 0 Å². The van der Waals surface area contributed by atoms with Crippen LogP contribution in [0.4, 0.5) is 0 Å². The van der Waals surface area contributed by atoms with Crippen LogP contribution in [0, 0.1) is 0 Å². The monoisotopic (exact) mass is 280 g/mol. The van der Waals surface area contributed by atoms with Gasteiger partial charge in [-0.1, -0.05) is 19.0 Å². The highest BCUT2D eigenvalue weighted by atomic mass is 16.5. The quantitative estimate of drug-likeness (QED) is 0.889. The zero-order valence-corrected chi connectivity index (χ0v) is 13.4. The molecule has 1 saturated heterocycles. The fourth-order valence-electron chi connectivity index (χ4n) is 2.52. The minimum Gasteiger partial charge on any atom is -0.360 e. The second-order valence-corrected chi connectivity index (χ2v) is 6.76. The highest BCUT2D eigenvalue weighted by molar-refractivity contribution is 5.06. The molecular weight excluding hydrogens is 252 g/mol. The number of piperazine rings is 1. The molecule has 1 aliphatic rings. The fraction of sp³-hybridized carbons (Fsp3) is 0.800. The van der Waals surface area contributed by atoms with E-state index in [0.29, 0.717) is 6.04 Å². The van der Waals surface area contributed by atoms with Gasteiger partial charge in [-0.15, -0.1) is 0 Å². The molecular formula is C15H28N4O.